The number of carbonyl (C=O) groups is 1. The number of rotatable bonds is 6. The summed E-state index contributed by atoms with van der Waals surface area (Å²) in [6.07, 6.45) is 0. The number of nitrogens with zero attached hydrogens (tertiary/aromatic N) is 2. The molecule has 0 atom stereocenters. The highest BCUT2D eigenvalue weighted by Gasteiger charge is 2.28. The van der Waals surface area contributed by atoms with Crippen LogP contribution < -0.4 is 10.1 Å². The number of benzene rings is 2. The standard InChI is InChI=1S/C19H23N3O4S/c1-26-17-9-7-16(8-10-17)20-19(23)15-21-11-13-22(14-12-21)27(24,25)18-5-3-2-4-6-18/h2-10H,11-15H2,1H3,(H,20,23). The van der Waals surface area contributed by atoms with E-state index in [1.165, 1.54) is 4.31 Å². The Morgan fingerprint density at radius 3 is 2.22 bits per heavy atom. The zero-order valence-electron chi connectivity index (χ0n) is 15.2. The minimum atomic E-state index is -3.47. The van der Waals surface area contributed by atoms with Crippen molar-refractivity contribution in [3.8, 4) is 5.75 Å². The number of sulfonamides is 1. The molecule has 0 aromatic heterocycles. The molecule has 27 heavy (non-hydrogen) atoms. The van der Waals surface area contributed by atoms with Gasteiger partial charge in [0.05, 0.1) is 18.6 Å². The fraction of sp³-hybridized carbons (Fsp3) is 0.316. The predicted molar refractivity (Wildman–Crippen MR) is 103 cm³/mol. The summed E-state index contributed by atoms with van der Waals surface area (Å²) in [6, 6.07) is 15.5. The van der Waals surface area contributed by atoms with Crippen LogP contribution in [0.5, 0.6) is 5.75 Å². The number of amides is 1. The quantitative estimate of drug-likeness (QED) is 0.813. The van der Waals surface area contributed by atoms with Crippen LogP contribution in [0, 0.1) is 0 Å². The Kier molecular flexibility index (Phi) is 6.10. The van der Waals surface area contributed by atoms with E-state index in [0.717, 1.165) is 5.75 Å². The highest BCUT2D eigenvalue weighted by atomic mass is 32.2. The lowest BCUT2D eigenvalue weighted by Crippen LogP contribution is -2.50. The number of piperazine rings is 1. The molecule has 1 aliphatic rings. The lowest BCUT2D eigenvalue weighted by molar-refractivity contribution is -0.117. The summed E-state index contributed by atoms with van der Waals surface area (Å²) in [7, 11) is -1.89. The van der Waals surface area contributed by atoms with Crippen molar-refractivity contribution >= 4 is 21.6 Å². The molecule has 3 rings (SSSR count). The number of carbonyl (C=O) groups excluding carboxylic acids is 1. The monoisotopic (exact) mass is 389 g/mol. The molecule has 1 N–H and O–H groups in total. The lowest BCUT2D eigenvalue weighted by Gasteiger charge is -2.33. The molecule has 0 bridgehead atoms. The molecule has 2 aromatic carbocycles. The Morgan fingerprint density at radius 2 is 1.63 bits per heavy atom. The summed E-state index contributed by atoms with van der Waals surface area (Å²) in [4.78, 5) is 14.5. The van der Waals surface area contributed by atoms with E-state index in [1.807, 2.05) is 4.90 Å². The lowest BCUT2D eigenvalue weighted by atomic mass is 10.3. The van der Waals surface area contributed by atoms with E-state index in [1.54, 1.807) is 61.7 Å². The molecule has 7 nitrogen and oxygen atoms in total. The smallest absolute Gasteiger partial charge is 0.243 e. The van der Waals surface area contributed by atoms with Gasteiger partial charge in [-0.05, 0) is 36.4 Å². The molecule has 0 aliphatic carbocycles. The van der Waals surface area contributed by atoms with Crippen molar-refractivity contribution in [2.75, 3.05) is 45.2 Å². The van der Waals surface area contributed by atoms with Crippen LogP contribution in [0.3, 0.4) is 0 Å². The highest BCUT2D eigenvalue weighted by molar-refractivity contribution is 7.89. The second-order valence-electron chi connectivity index (χ2n) is 6.27. The van der Waals surface area contributed by atoms with Crippen LogP contribution in [-0.2, 0) is 14.8 Å². The maximum absolute atomic E-state index is 12.6. The zero-order valence-corrected chi connectivity index (χ0v) is 16.0. The Labute approximate surface area is 159 Å². The topological polar surface area (TPSA) is 79.0 Å². The van der Waals surface area contributed by atoms with Crippen molar-refractivity contribution in [2.45, 2.75) is 4.90 Å². The molecule has 0 spiro atoms. The highest BCUT2D eigenvalue weighted by Crippen LogP contribution is 2.18. The Balaban J connectivity index is 1.51. The molecule has 8 heteroatoms. The molecule has 1 aliphatic heterocycles. The van der Waals surface area contributed by atoms with Gasteiger partial charge in [-0.2, -0.15) is 4.31 Å². The Morgan fingerprint density at radius 1 is 1.00 bits per heavy atom. The van der Waals surface area contributed by atoms with Crippen molar-refractivity contribution in [1.82, 2.24) is 9.21 Å². The van der Waals surface area contributed by atoms with Crippen LogP contribution in [0.1, 0.15) is 0 Å². The molecular formula is C19H23N3O4S. The molecule has 0 radical (unpaired) electrons. The van der Waals surface area contributed by atoms with Crippen LogP contribution in [0.25, 0.3) is 0 Å². The summed E-state index contributed by atoms with van der Waals surface area (Å²) in [5.41, 5.74) is 0.700. The number of methoxy groups -OCH3 is 1. The maximum Gasteiger partial charge on any atom is 0.243 e. The first-order valence-electron chi connectivity index (χ1n) is 8.70. The van der Waals surface area contributed by atoms with Gasteiger partial charge in [0.15, 0.2) is 0 Å². The van der Waals surface area contributed by atoms with Crippen LogP contribution in [0.15, 0.2) is 59.5 Å². The van der Waals surface area contributed by atoms with Gasteiger partial charge in [0.25, 0.3) is 0 Å². The summed E-state index contributed by atoms with van der Waals surface area (Å²) in [5.74, 6) is 0.600. The van der Waals surface area contributed by atoms with Gasteiger partial charge < -0.3 is 10.1 Å². The average Bonchev–Trinajstić information content (AvgIpc) is 2.69. The van der Waals surface area contributed by atoms with Gasteiger partial charge in [0.1, 0.15) is 5.75 Å². The largest absolute Gasteiger partial charge is 0.497 e. The van der Waals surface area contributed by atoms with E-state index in [2.05, 4.69) is 5.32 Å². The first kappa shape index (κ1) is 19.3. The van der Waals surface area contributed by atoms with Gasteiger partial charge >= 0.3 is 0 Å². The molecule has 0 saturated carbocycles. The van der Waals surface area contributed by atoms with E-state index >= 15 is 0 Å². The van der Waals surface area contributed by atoms with E-state index in [-0.39, 0.29) is 12.5 Å². The van der Waals surface area contributed by atoms with Gasteiger partial charge in [-0.1, -0.05) is 18.2 Å². The van der Waals surface area contributed by atoms with Crippen LogP contribution >= 0.6 is 0 Å². The van der Waals surface area contributed by atoms with Crippen molar-refractivity contribution in [3.63, 3.8) is 0 Å². The van der Waals surface area contributed by atoms with E-state index < -0.39 is 10.0 Å². The second kappa shape index (κ2) is 8.51. The minimum absolute atomic E-state index is 0.125. The maximum atomic E-state index is 12.6. The number of anilines is 1. The average molecular weight is 389 g/mol. The van der Waals surface area contributed by atoms with Crippen molar-refractivity contribution in [1.29, 1.82) is 0 Å². The van der Waals surface area contributed by atoms with E-state index in [4.69, 9.17) is 4.74 Å². The van der Waals surface area contributed by atoms with E-state index in [9.17, 15) is 13.2 Å². The summed E-state index contributed by atoms with van der Waals surface area (Å²) in [6.45, 7) is 2.00. The number of hydrogen-bond acceptors (Lipinski definition) is 5. The van der Waals surface area contributed by atoms with Crippen molar-refractivity contribution in [3.05, 3.63) is 54.6 Å². The first-order chi connectivity index (χ1) is 13.0. The summed E-state index contributed by atoms with van der Waals surface area (Å²) in [5, 5.41) is 2.84. The predicted octanol–water partition coefficient (Wildman–Crippen LogP) is 1.64. The molecule has 1 fully saturated rings. The van der Waals surface area contributed by atoms with Crippen LogP contribution in [0.4, 0.5) is 5.69 Å². The van der Waals surface area contributed by atoms with E-state index in [0.29, 0.717) is 36.8 Å². The summed E-state index contributed by atoms with van der Waals surface area (Å²) < 4.78 is 31.8. The zero-order chi connectivity index (χ0) is 19.3. The second-order valence-corrected chi connectivity index (χ2v) is 8.21. The van der Waals surface area contributed by atoms with Crippen molar-refractivity contribution in [2.24, 2.45) is 0 Å². The first-order valence-corrected chi connectivity index (χ1v) is 10.1. The molecule has 1 saturated heterocycles. The SMILES string of the molecule is COc1ccc(NC(=O)CN2CCN(S(=O)(=O)c3ccccc3)CC2)cc1. The van der Waals surface area contributed by atoms with Crippen molar-refractivity contribution < 1.29 is 17.9 Å². The minimum Gasteiger partial charge on any atom is -0.497 e. The van der Waals surface area contributed by atoms with Gasteiger partial charge in [-0.25, -0.2) is 8.42 Å². The van der Waals surface area contributed by atoms with Gasteiger partial charge in [-0.15, -0.1) is 0 Å². The molecule has 0 unspecified atom stereocenters. The van der Waals surface area contributed by atoms with Gasteiger partial charge in [0.2, 0.25) is 15.9 Å². The summed E-state index contributed by atoms with van der Waals surface area (Å²) >= 11 is 0. The normalized spacial score (nSPS) is 16.0. The number of hydrogen-bond donors (Lipinski definition) is 1. The molecule has 1 heterocycles. The molecular weight excluding hydrogens is 366 g/mol. The molecule has 2 aromatic rings. The third-order valence-corrected chi connectivity index (χ3v) is 6.37. The Bertz CT molecular complexity index is 862. The molecule has 144 valence electrons. The number of nitrogens with one attached hydrogen (secondary N) is 1. The molecule has 1 amide bonds. The Hall–Kier alpha value is -2.42. The third-order valence-electron chi connectivity index (χ3n) is 4.45. The van der Waals surface area contributed by atoms with Crippen LogP contribution in [0.2, 0.25) is 0 Å². The fourth-order valence-corrected chi connectivity index (χ4v) is 4.39. The van der Waals surface area contributed by atoms with Gasteiger partial charge in [0, 0.05) is 31.9 Å². The fourth-order valence-electron chi connectivity index (χ4n) is 2.95. The number of ether oxygens (including phenoxy) is 1. The third kappa shape index (κ3) is 4.85. The van der Waals surface area contributed by atoms with Gasteiger partial charge in [-0.3, -0.25) is 9.69 Å². The van der Waals surface area contributed by atoms with Crippen LogP contribution in [-0.4, -0.2) is 63.4 Å².